The summed E-state index contributed by atoms with van der Waals surface area (Å²) in [5.74, 6) is 1.89. The number of ether oxygens (including phenoxy) is 4. The molecule has 0 saturated heterocycles. The predicted molar refractivity (Wildman–Crippen MR) is 138 cm³/mol. The van der Waals surface area contributed by atoms with Crippen LogP contribution in [0.2, 0.25) is 0 Å². The van der Waals surface area contributed by atoms with Crippen LogP contribution in [0.15, 0.2) is 75.9 Å². The molecule has 1 unspecified atom stereocenters. The van der Waals surface area contributed by atoms with Gasteiger partial charge in [-0.2, -0.15) is 0 Å². The van der Waals surface area contributed by atoms with Crippen molar-refractivity contribution in [3.63, 3.8) is 0 Å². The minimum absolute atomic E-state index is 0.108. The molecule has 4 aromatic rings. The standard InChI is InChI=1S/C29H27NO7/c1-33-23-10-6-5-9-20(23)29(32)30-13-12-18-14-26(34-2)27(35-3)15-21(18)22(30)17-36-25-16-28(31)37-24-11-7-4-8-19(24)25/h4-11,14-16,22H,12-13,17H2,1-3H3. The molecule has 8 nitrogen and oxygen atoms in total. The second-order valence-electron chi connectivity index (χ2n) is 8.61. The zero-order valence-corrected chi connectivity index (χ0v) is 20.9. The van der Waals surface area contributed by atoms with Crippen molar-refractivity contribution < 1.29 is 28.2 Å². The van der Waals surface area contributed by atoms with Gasteiger partial charge in [0, 0.05) is 6.54 Å². The summed E-state index contributed by atoms with van der Waals surface area (Å²) in [6.45, 7) is 0.571. The number of fused-ring (bicyclic) bond motifs is 2. The number of amides is 1. The molecule has 37 heavy (non-hydrogen) atoms. The van der Waals surface area contributed by atoms with Gasteiger partial charge in [0.2, 0.25) is 0 Å². The van der Waals surface area contributed by atoms with E-state index in [1.54, 1.807) is 50.5 Å². The lowest BCUT2D eigenvalue weighted by Crippen LogP contribution is -2.42. The highest BCUT2D eigenvalue weighted by Gasteiger charge is 2.34. The third-order valence-corrected chi connectivity index (χ3v) is 6.61. The number of nitrogens with zero attached hydrogens (tertiary/aromatic N) is 1. The smallest absolute Gasteiger partial charge is 0.339 e. The quantitative estimate of drug-likeness (QED) is 0.341. The molecule has 0 spiro atoms. The van der Waals surface area contributed by atoms with Crippen molar-refractivity contribution in [3.8, 4) is 23.0 Å². The molecule has 1 aliphatic rings. The monoisotopic (exact) mass is 501 g/mol. The van der Waals surface area contributed by atoms with E-state index in [-0.39, 0.29) is 12.5 Å². The molecule has 1 atom stereocenters. The Morgan fingerprint density at radius 1 is 0.892 bits per heavy atom. The van der Waals surface area contributed by atoms with E-state index in [4.69, 9.17) is 23.4 Å². The number of rotatable bonds is 7. The van der Waals surface area contributed by atoms with Crippen LogP contribution in [0.4, 0.5) is 0 Å². The van der Waals surface area contributed by atoms with Crippen LogP contribution in [0, 0.1) is 0 Å². The van der Waals surface area contributed by atoms with Gasteiger partial charge in [0.05, 0.1) is 44.4 Å². The minimum Gasteiger partial charge on any atom is -0.496 e. The topological polar surface area (TPSA) is 87.4 Å². The van der Waals surface area contributed by atoms with Crippen LogP contribution in [0.25, 0.3) is 11.0 Å². The summed E-state index contributed by atoms with van der Waals surface area (Å²) in [6.07, 6.45) is 0.630. The van der Waals surface area contributed by atoms with Gasteiger partial charge in [0.15, 0.2) is 11.5 Å². The second kappa shape index (κ2) is 10.3. The maximum Gasteiger partial charge on any atom is 0.339 e. The van der Waals surface area contributed by atoms with E-state index in [0.717, 1.165) is 11.1 Å². The molecule has 0 bridgehead atoms. The predicted octanol–water partition coefficient (Wildman–Crippen LogP) is 4.64. The zero-order valence-electron chi connectivity index (χ0n) is 20.9. The molecular formula is C29H27NO7. The molecular weight excluding hydrogens is 474 g/mol. The first kappa shape index (κ1) is 24.2. The number of hydrogen-bond acceptors (Lipinski definition) is 7. The van der Waals surface area contributed by atoms with Crippen molar-refractivity contribution in [2.24, 2.45) is 0 Å². The first-order valence-electron chi connectivity index (χ1n) is 11.9. The van der Waals surface area contributed by atoms with Gasteiger partial charge >= 0.3 is 5.63 Å². The van der Waals surface area contributed by atoms with Gasteiger partial charge in [-0.25, -0.2) is 4.79 Å². The Hall–Kier alpha value is -4.46. The molecule has 0 saturated carbocycles. The van der Waals surface area contributed by atoms with E-state index in [9.17, 15) is 9.59 Å². The lowest BCUT2D eigenvalue weighted by atomic mass is 9.91. The molecule has 0 N–H and O–H groups in total. The van der Waals surface area contributed by atoms with Crippen molar-refractivity contribution in [2.75, 3.05) is 34.5 Å². The molecule has 1 aromatic heterocycles. The van der Waals surface area contributed by atoms with E-state index in [1.165, 1.54) is 6.07 Å². The molecule has 1 aliphatic heterocycles. The summed E-state index contributed by atoms with van der Waals surface area (Å²) < 4.78 is 28.1. The molecule has 5 rings (SSSR count). The third kappa shape index (κ3) is 4.58. The molecule has 1 amide bonds. The average molecular weight is 502 g/mol. The fourth-order valence-corrected chi connectivity index (χ4v) is 4.80. The summed E-state index contributed by atoms with van der Waals surface area (Å²) in [7, 11) is 4.71. The van der Waals surface area contributed by atoms with E-state index in [0.29, 0.717) is 52.5 Å². The van der Waals surface area contributed by atoms with Crippen LogP contribution in [0.5, 0.6) is 23.0 Å². The highest BCUT2D eigenvalue weighted by atomic mass is 16.5. The molecule has 8 heteroatoms. The van der Waals surface area contributed by atoms with Crippen LogP contribution in [0.1, 0.15) is 27.5 Å². The van der Waals surface area contributed by atoms with E-state index < -0.39 is 11.7 Å². The maximum atomic E-state index is 13.8. The van der Waals surface area contributed by atoms with Crippen molar-refractivity contribution in [1.29, 1.82) is 0 Å². The highest BCUT2D eigenvalue weighted by molar-refractivity contribution is 5.97. The summed E-state index contributed by atoms with van der Waals surface area (Å²) in [4.78, 5) is 27.8. The maximum absolute atomic E-state index is 13.8. The summed E-state index contributed by atoms with van der Waals surface area (Å²) in [5.41, 5.74) is 2.31. The molecule has 2 heterocycles. The number of carbonyl (C=O) groups excluding carboxylic acids is 1. The van der Waals surface area contributed by atoms with E-state index in [1.807, 2.05) is 36.4 Å². The van der Waals surface area contributed by atoms with E-state index in [2.05, 4.69) is 0 Å². The molecule has 0 radical (unpaired) electrons. The Morgan fingerprint density at radius 3 is 2.38 bits per heavy atom. The molecule has 3 aromatic carbocycles. The summed E-state index contributed by atoms with van der Waals surface area (Å²) >= 11 is 0. The zero-order chi connectivity index (χ0) is 25.9. The van der Waals surface area contributed by atoms with Crippen LogP contribution in [-0.4, -0.2) is 45.3 Å². The van der Waals surface area contributed by atoms with Gasteiger partial charge in [-0.1, -0.05) is 24.3 Å². The van der Waals surface area contributed by atoms with Crippen molar-refractivity contribution in [2.45, 2.75) is 12.5 Å². The van der Waals surface area contributed by atoms with Crippen molar-refractivity contribution in [1.82, 2.24) is 4.90 Å². The van der Waals surface area contributed by atoms with Gasteiger partial charge in [-0.3, -0.25) is 4.79 Å². The number of methoxy groups -OCH3 is 3. The number of para-hydroxylation sites is 2. The first-order chi connectivity index (χ1) is 18.0. The number of carbonyl (C=O) groups is 1. The summed E-state index contributed by atoms with van der Waals surface area (Å²) in [6, 6.07) is 19.0. The van der Waals surface area contributed by atoms with Crippen molar-refractivity contribution >= 4 is 16.9 Å². The van der Waals surface area contributed by atoms with Crippen LogP contribution >= 0.6 is 0 Å². The Labute approximate surface area is 213 Å². The lowest BCUT2D eigenvalue weighted by Gasteiger charge is -2.38. The first-order valence-corrected chi connectivity index (χ1v) is 11.9. The Balaban J connectivity index is 1.57. The van der Waals surface area contributed by atoms with Gasteiger partial charge in [-0.15, -0.1) is 0 Å². The molecule has 190 valence electrons. The summed E-state index contributed by atoms with van der Waals surface area (Å²) in [5, 5.41) is 0.674. The third-order valence-electron chi connectivity index (χ3n) is 6.61. The molecule has 0 aliphatic carbocycles. The van der Waals surface area contributed by atoms with Crippen LogP contribution < -0.4 is 24.6 Å². The minimum atomic E-state index is -0.508. The van der Waals surface area contributed by atoms with Gasteiger partial charge in [-0.05, 0) is 53.9 Å². The average Bonchev–Trinajstić information content (AvgIpc) is 2.94. The van der Waals surface area contributed by atoms with Crippen LogP contribution in [0.3, 0.4) is 0 Å². The van der Waals surface area contributed by atoms with Crippen LogP contribution in [-0.2, 0) is 6.42 Å². The van der Waals surface area contributed by atoms with E-state index >= 15 is 0 Å². The normalized spacial score (nSPS) is 14.7. The Morgan fingerprint density at radius 2 is 1.59 bits per heavy atom. The SMILES string of the molecule is COc1cc2c(cc1OC)C(COc1cc(=O)oc3ccccc13)N(C(=O)c1ccccc1OC)CC2. The number of benzene rings is 3. The largest absolute Gasteiger partial charge is 0.496 e. The van der Waals surface area contributed by atoms with Gasteiger partial charge < -0.3 is 28.3 Å². The Kier molecular flexibility index (Phi) is 6.72. The lowest BCUT2D eigenvalue weighted by molar-refractivity contribution is 0.0586. The highest BCUT2D eigenvalue weighted by Crippen LogP contribution is 2.39. The fourth-order valence-electron chi connectivity index (χ4n) is 4.80. The second-order valence-corrected chi connectivity index (χ2v) is 8.61. The molecule has 0 fully saturated rings. The number of hydrogen-bond donors (Lipinski definition) is 0. The fraction of sp³-hybridized carbons (Fsp3) is 0.241. The van der Waals surface area contributed by atoms with Gasteiger partial charge in [0.25, 0.3) is 5.91 Å². The Bertz CT molecular complexity index is 1510. The van der Waals surface area contributed by atoms with Gasteiger partial charge in [0.1, 0.15) is 23.7 Å². The van der Waals surface area contributed by atoms with Crippen molar-refractivity contribution in [3.05, 3.63) is 93.8 Å².